The van der Waals surface area contributed by atoms with Gasteiger partial charge < -0.3 is 24.1 Å². The fourth-order valence-corrected chi connectivity index (χ4v) is 16.1. The van der Waals surface area contributed by atoms with Crippen LogP contribution in [0.4, 0.5) is 10.6 Å². The summed E-state index contributed by atoms with van der Waals surface area (Å²) < 4.78 is 21.1. The van der Waals surface area contributed by atoms with E-state index in [1.54, 1.807) is 10.9 Å². The van der Waals surface area contributed by atoms with Gasteiger partial charge in [0.25, 0.3) is 0 Å². The highest BCUT2D eigenvalue weighted by atomic mass is 28.4. The van der Waals surface area contributed by atoms with Gasteiger partial charge in [0.15, 0.2) is 31.5 Å². The molecule has 0 radical (unpaired) electrons. The Bertz CT molecular complexity index is 1510. The van der Waals surface area contributed by atoms with E-state index in [1.807, 2.05) is 0 Å². The molecule has 4 atom stereocenters. The third kappa shape index (κ3) is 7.29. The summed E-state index contributed by atoms with van der Waals surface area (Å²) in [6, 6.07) is 0.844. The molecule has 11 nitrogen and oxygen atoms in total. The normalized spacial score (nSPS) is 24.8. The van der Waals surface area contributed by atoms with Gasteiger partial charge in [-0.2, -0.15) is 0 Å². The zero-order valence-corrected chi connectivity index (χ0v) is 37.7. The molecule has 1 saturated heterocycles. The molecule has 1 amide bonds. The molecule has 0 bridgehead atoms. The molecule has 15 heteroatoms. The van der Waals surface area contributed by atoms with Crippen LogP contribution in [-0.4, -0.2) is 98.1 Å². The van der Waals surface area contributed by atoms with E-state index in [0.717, 1.165) is 6.04 Å². The Morgan fingerprint density at radius 3 is 1.88 bits per heavy atom. The smallest absolute Gasteiger partial charge is 0.412 e. The second kappa shape index (κ2) is 13.2. The average Bonchev–Trinajstić information content (AvgIpc) is 3.43. The number of amides is 1. The number of hydrogen-bond acceptors (Lipinski definition) is 9. The molecule has 0 aromatic carbocycles. The van der Waals surface area contributed by atoms with Crippen LogP contribution in [0.1, 0.15) is 68.5 Å². The van der Waals surface area contributed by atoms with Crippen molar-refractivity contribution >= 4 is 55.6 Å². The molecule has 3 heterocycles. The van der Waals surface area contributed by atoms with Gasteiger partial charge >= 0.3 is 6.09 Å². The van der Waals surface area contributed by atoms with Gasteiger partial charge in [0.2, 0.25) is 0 Å². The number of rotatable bonds is 10. The fraction of sp³-hybridized carbons (Fsp3) is 0.824. The van der Waals surface area contributed by atoms with Gasteiger partial charge in [0.05, 0.1) is 35.7 Å². The first-order valence-electron chi connectivity index (χ1n) is 17.6. The lowest BCUT2D eigenvalue weighted by atomic mass is 10.1. The minimum Gasteiger partial charge on any atom is -0.450 e. The van der Waals surface area contributed by atoms with Crippen molar-refractivity contribution in [1.82, 2.24) is 19.5 Å². The molecule has 0 unspecified atom stereocenters. The number of hydrogen-bond donors (Lipinski definition) is 3. The van der Waals surface area contributed by atoms with Crippen LogP contribution in [0.5, 0.6) is 0 Å². The molecule has 3 N–H and O–H groups in total. The van der Waals surface area contributed by atoms with Crippen molar-refractivity contribution in [3.63, 3.8) is 0 Å². The monoisotopic (exact) mass is 753 g/mol. The first-order chi connectivity index (χ1) is 21.8. The summed E-state index contributed by atoms with van der Waals surface area (Å²) in [6.07, 6.45) is 0.448. The third-order valence-electron chi connectivity index (χ3n) is 12.7. The van der Waals surface area contributed by atoms with Crippen LogP contribution in [0.2, 0.25) is 80.1 Å². The summed E-state index contributed by atoms with van der Waals surface area (Å²) in [6.45, 7) is 39.6. The molecule has 1 fully saturated rings. The Labute approximate surface area is 299 Å². The zero-order chi connectivity index (χ0) is 38.0. The van der Waals surface area contributed by atoms with Crippen molar-refractivity contribution in [1.29, 1.82) is 0 Å². The lowest BCUT2D eigenvalue weighted by molar-refractivity contribution is -0.0737. The zero-order valence-electron chi connectivity index (χ0n) is 33.7. The van der Waals surface area contributed by atoms with Crippen LogP contribution in [0.15, 0.2) is 12.7 Å². The summed E-state index contributed by atoms with van der Waals surface area (Å²) in [5.74, 6) is 0.202. The third-order valence-corrected chi connectivity index (χ3v) is 31.8. The van der Waals surface area contributed by atoms with Crippen LogP contribution in [-0.2, 0) is 13.9 Å². The lowest BCUT2D eigenvalue weighted by Crippen LogP contribution is -2.82. The summed E-state index contributed by atoms with van der Waals surface area (Å²) in [5.41, 5.74) is 0.709. The number of imidazole rings is 1. The SMILES string of the molecule is CC(C)(C)[Si](C)(C)OC[C@H]1O[C@@H](n2cnc3c(NC(=O)OCC[Si](C)(C)C)ncnc32)[C@@](O)([Si](C)(C)C(C)(C)C)[C@@]1(O)[Si](C)(C)C(C)(C)C. The number of carbonyl (C=O) groups is 1. The van der Waals surface area contributed by atoms with E-state index in [2.05, 4.69) is 142 Å². The van der Waals surface area contributed by atoms with Gasteiger partial charge in [-0.15, -0.1) is 0 Å². The first-order valence-corrected chi connectivity index (χ1v) is 30.2. The number of nitrogens with zero attached hydrogens (tertiary/aromatic N) is 4. The van der Waals surface area contributed by atoms with E-state index >= 15 is 0 Å². The number of aliphatic hydroxyl groups is 2. The van der Waals surface area contributed by atoms with Crippen molar-refractivity contribution in [2.45, 2.75) is 165 Å². The molecule has 2 aromatic rings. The Hall–Kier alpha value is -1.47. The molecule has 1 aliphatic rings. The van der Waals surface area contributed by atoms with Crippen LogP contribution in [0.25, 0.3) is 11.2 Å². The van der Waals surface area contributed by atoms with Gasteiger partial charge in [-0.1, -0.05) is 108 Å². The summed E-state index contributed by atoms with van der Waals surface area (Å²) in [7, 11) is -9.52. The quantitative estimate of drug-likeness (QED) is 0.205. The van der Waals surface area contributed by atoms with Gasteiger partial charge in [-0.3, -0.25) is 9.88 Å². The molecular weight excluding hydrogens is 687 g/mol. The second-order valence-electron chi connectivity index (χ2n) is 19.9. The molecule has 2 aromatic heterocycles. The highest BCUT2D eigenvalue weighted by Gasteiger charge is 2.79. The van der Waals surface area contributed by atoms with Crippen molar-refractivity contribution < 1.29 is 28.9 Å². The summed E-state index contributed by atoms with van der Waals surface area (Å²) in [5, 5.41) is 26.2. The van der Waals surface area contributed by atoms with Crippen molar-refractivity contribution in [3.8, 4) is 0 Å². The predicted octanol–water partition coefficient (Wildman–Crippen LogP) is 8.19. The molecule has 0 spiro atoms. The number of nitrogens with one attached hydrogen (secondary N) is 1. The molecule has 3 rings (SSSR count). The van der Waals surface area contributed by atoms with Crippen LogP contribution in [0.3, 0.4) is 0 Å². The number of anilines is 1. The van der Waals surface area contributed by atoms with Crippen molar-refractivity contribution in [3.05, 3.63) is 12.7 Å². The van der Waals surface area contributed by atoms with Gasteiger partial charge in [-0.05, 0) is 34.3 Å². The lowest BCUT2D eigenvalue weighted by Gasteiger charge is -2.61. The van der Waals surface area contributed by atoms with Crippen molar-refractivity contribution in [2.75, 3.05) is 18.5 Å². The summed E-state index contributed by atoms with van der Waals surface area (Å²) in [4.78, 5) is 26.4. The maximum Gasteiger partial charge on any atom is 0.412 e. The Kier molecular flexibility index (Phi) is 11.3. The van der Waals surface area contributed by atoms with Crippen LogP contribution >= 0.6 is 0 Å². The maximum absolute atomic E-state index is 13.8. The van der Waals surface area contributed by atoms with Crippen LogP contribution < -0.4 is 5.32 Å². The molecular formula is C34H67N5O6Si4. The predicted molar refractivity (Wildman–Crippen MR) is 210 cm³/mol. The molecule has 0 aliphatic carbocycles. The highest BCUT2D eigenvalue weighted by molar-refractivity contribution is 6.89. The van der Waals surface area contributed by atoms with Gasteiger partial charge in [0, 0.05) is 8.07 Å². The number of carbonyl (C=O) groups excluding carboxylic acids is 1. The van der Waals surface area contributed by atoms with E-state index in [-0.39, 0.29) is 27.5 Å². The van der Waals surface area contributed by atoms with E-state index < -0.39 is 61.4 Å². The highest BCUT2D eigenvalue weighted by Crippen LogP contribution is 2.63. The Balaban J connectivity index is 2.27. The number of aromatic nitrogens is 4. The van der Waals surface area contributed by atoms with E-state index in [4.69, 9.17) is 13.9 Å². The minimum absolute atomic E-state index is 0.0630. The Morgan fingerprint density at radius 1 is 0.857 bits per heavy atom. The number of fused-ring (bicyclic) bond motifs is 1. The second-order valence-corrected chi connectivity index (χ2v) is 41.4. The van der Waals surface area contributed by atoms with Gasteiger partial charge in [0.1, 0.15) is 22.9 Å². The standard InChI is InChI=1S/C34H67N5O6Si4/c1-30(2,3)47(13,14)33(41)24(21-44-49(17,18)32(7,8)9)45-28(34(33,42)48(15,16)31(4,5)6)39-23-37-25-26(35-22-36-27(25)39)38-29(40)43-19-20-46(10,11)12/h22-24,28,41-42H,19-21H2,1-18H3,(H,35,36,38,40)/t24-,28-,33+,34-/m1/s1. The maximum atomic E-state index is 13.8. The van der Waals surface area contributed by atoms with E-state index in [1.165, 1.54) is 6.33 Å². The van der Waals surface area contributed by atoms with Crippen molar-refractivity contribution in [2.24, 2.45) is 0 Å². The average molecular weight is 754 g/mol. The van der Waals surface area contributed by atoms with Crippen LogP contribution in [0, 0.1) is 0 Å². The largest absolute Gasteiger partial charge is 0.450 e. The molecule has 49 heavy (non-hydrogen) atoms. The topological polar surface area (TPSA) is 141 Å². The van der Waals surface area contributed by atoms with E-state index in [0.29, 0.717) is 17.8 Å². The molecule has 0 saturated carbocycles. The fourth-order valence-electron chi connectivity index (χ4n) is 6.22. The summed E-state index contributed by atoms with van der Waals surface area (Å²) >= 11 is 0. The first kappa shape index (κ1) is 41.9. The van der Waals surface area contributed by atoms with Gasteiger partial charge in [-0.25, -0.2) is 19.7 Å². The Morgan fingerprint density at radius 2 is 1.39 bits per heavy atom. The molecule has 1 aliphatic heterocycles. The molecule has 280 valence electrons. The minimum atomic E-state index is -2.96. The number of ether oxygens (including phenoxy) is 2. The van der Waals surface area contributed by atoms with E-state index in [9.17, 15) is 15.0 Å².